The lowest BCUT2D eigenvalue weighted by molar-refractivity contribution is -0.138. The van der Waals surface area contributed by atoms with E-state index in [0.717, 1.165) is 18.0 Å². The number of para-hydroxylation sites is 1. The minimum atomic E-state index is -4.51. The van der Waals surface area contributed by atoms with Crippen molar-refractivity contribution in [3.8, 4) is 11.1 Å². The first kappa shape index (κ1) is 24.2. The number of ether oxygens (including phenoxy) is 1. The standard InChI is InChI=1S/C27H25F4N3O2/c1-18-13-22(21-7-10-32-15-24(21)28)19(14-23(18)27(29,30)31)16-33-11-8-26(9-12-33)17-34(25(35)36-26)20-5-3-2-4-6-20/h2-7,10,13-15H,8-9,11-12,16-17H2,1H3. The number of benzene rings is 2. The molecule has 188 valence electrons. The maximum Gasteiger partial charge on any atom is 0.416 e. The summed E-state index contributed by atoms with van der Waals surface area (Å²) in [6.45, 7) is 3.09. The zero-order valence-corrected chi connectivity index (χ0v) is 19.7. The smallest absolute Gasteiger partial charge is 0.416 e. The molecule has 9 heteroatoms. The van der Waals surface area contributed by atoms with Crippen LogP contribution in [0.2, 0.25) is 0 Å². The molecule has 0 N–H and O–H groups in total. The van der Waals surface area contributed by atoms with Crippen LogP contribution in [-0.2, 0) is 17.5 Å². The van der Waals surface area contributed by atoms with Crippen LogP contribution in [0.4, 0.5) is 28.0 Å². The Hall–Kier alpha value is -3.46. The number of nitrogens with zero attached hydrogens (tertiary/aromatic N) is 3. The molecule has 3 heterocycles. The van der Waals surface area contributed by atoms with Crippen molar-refractivity contribution < 1.29 is 27.1 Å². The van der Waals surface area contributed by atoms with Gasteiger partial charge in [-0.05, 0) is 47.9 Å². The molecule has 1 amide bonds. The van der Waals surface area contributed by atoms with Gasteiger partial charge in [-0.25, -0.2) is 9.18 Å². The van der Waals surface area contributed by atoms with Crippen LogP contribution in [0.3, 0.4) is 0 Å². The highest BCUT2D eigenvalue weighted by Crippen LogP contribution is 2.39. The third-order valence-corrected chi connectivity index (χ3v) is 7.02. The number of piperidine rings is 1. The summed E-state index contributed by atoms with van der Waals surface area (Å²) in [5.74, 6) is -0.589. The summed E-state index contributed by atoms with van der Waals surface area (Å²) in [6.07, 6.45) is -1.31. The molecule has 36 heavy (non-hydrogen) atoms. The zero-order valence-electron chi connectivity index (χ0n) is 19.7. The highest BCUT2D eigenvalue weighted by Gasteiger charge is 2.47. The third-order valence-electron chi connectivity index (χ3n) is 7.02. The van der Waals surface area contributed by atoms with Crippen molar-refractivity contribution in [2.75, 3.05) is 24.5 Å². The van der Waals surface area contributed by atoms with E-state index in [0.29, 0.717) is 43.6 Å². The molecule has 5 rings (SSSR count). The molecule has 0 unspecified atom stereocenters. The highest BCUT2D eigenvalue weighted by molar-refractivity contribution is 5.90. The average Bonchev–Trinajstić information content (AvgIpc) is 3.17. The van der Waals surface area contributed by atoms with Gasteiger partial charge in [-0.1, -0.05) is 24.3 Å². The van der Waals surface area contributed by atoms with Crippen LogP contribution in [0.1, 0.15) is 29.5 Å². The summed E-state index contributed by atoms with van der Waals surface area (Å²) >= 11 is 0. The number of anilines is 1. The summed E-state index contributed by atoms with van der Waals surface area (Å²) in [6, 6.07) is 13.3. The molecule has 0 radical (unpaired) electrons. The van der Waals surface area contributed by atoms with Crippen molar-refractivity contribution in [3.63, 3.8) is 0 Å². The normalized spacial score (nSPS) is 18.0. The van der Waals surface area contributed by atoms with Gasteiger partial charge in [0.15, 0.2) is 0 Å². The average molecular weight is 500 g/mol. The molecule has 0 atom stereocenters. The van der Waals surface area contributed by atoms with Crippen LogP contribution in [0.25, 0.3) is 11.1 Å². The third kappa shape index (κ3) is 4.67. The van der Waals surface area contributed by atoms with Gasteiger partial charge in [0.1, 0.15) is 11.4 Å². The quantitative estimate of drug-likeness (QED) is 0.401. The Morgan fingerprint density at radius 2 is 1.78 bits per heavy atom. The molecule has 2 saturated heterocycles. The number of halogens is 4. The summed E-state index contributed by atoms with van der Waals surface area (Å²) in [4.78, 5) is 20.0. The maximum absolute atomic E-state index is 14.6. The van der Waals surface area contributed by atoms with Crippen LogP contribution in [0, 0.1) is 12.7 Å². The van der Waals surface area contributed by atoms with Crippen molar-refractivity contribution in [3.05, 3.63) is 83.4 Å². The molecule has 2 aromatic carbocycles. The zero-order chi connectivity index (χ0) is 25.5. The van der Waals surface area contributed by atoms with Crippen molar-refractivity contribution in [2.45, 2.75) is 38.1 Å². The topological polar surface area (TPSA) is 45.7 Å². The monoisotopic (exact) mass is 499 g/mol. The number of hydrogen-bond acceptors (Lipinski definition) is 4. The van der Waals surface area contributed by atoms with E-state index in [-0.39, 0.29) is 17.7 Å². The minimum absolute atomic E-state index is 0.0360. The molecule has 2 aliphatic heterocycles. The van der Waals surface area contributed by atoms with Crippen molar-refractivity contribution in [2.24, 2.45) is 0 Å². The van der Waals surface area contributed by atoms with E-state index in [1.807, 2.05) is 35.2 Å². The van der Waals surface area contributed by atoms with Crippen molar-refractivity contribution in [1.82, 2.24) is 9.88 Å². The Kier molecular flexibility index (Phi) is 6.20. The molecule has 3 aromatic rings. The fraction of sp³-hybridized carbons (Fsp3) is 0.333. The van der Waals surface area contributed by atoms with Crippen LogP contribution < -0.4 is 4.90 Å². The highest BCUT2D eigenvalue weighted by atomic mass is 19.4. The summed E-state index contributed by atoms with van der Waals surface area (Å²) < 4.78 is 61.4. The lowest BCUT2D eigenvalue weighted by atomic mass is 9.89. The van der Waals surface area contributed by atoms with Gasteiger partial charge in [-0.2, -0.15) is 13.2 Å². The fourth-order valence-corrected chi connectivity index (χ4v) is 5.08. The molecule has 0 aliphatic carbocycles. The van der Waals surface area contributed by atoms with E-state index in [9.17, 15) is 22.4 Å². The van der Waals surface area contributed by atoms with E-state index < -0.39 is 29.3 Å². The second-order valence-corrected chi connectivity index (χ2v) is 9.43. The maximum atomic E-state index is 14.6. The van der Waals surface area contributed by atoms with E-state index in [2.05, 4.69) is 4.98 Å². The molecule has 0 saturated carbocycles. The lowest BCUT2D eigenvalue weighted by Gasteiger charge is -2.37. The van der Waals surface area contributed by atoms with E-state index in [1.165, 1.54) is 25.3 Å². The number of carbonyl (C=O) groups is 1. The van der Waals surface area contributed by atoms with Gasteiger partial charge in [0.05, 0.1) is 18.3 Å². The van der Waals surface area contributed by atoms with Crippen LogP contribution in [-0.4, -0.2) is 41.2 Å². The summed E-state index contributed by atoms with van der Waals surface area (Å²) in [5, 5.41) is 0. The first-order valence-electron chi connectivity index (χ1n) is 11.7. The second-order valence-electron chi connectivity index (χ2n) is 9.43. The molecule has 2 fully saturated rings. The van der Waals surface area contributed by atoms with Gasteiger partial charge in [0, 0.05) is 49.9 Å². The molecule has 0 bridgehead atoms. The Labute approximate surface area is 206 Å². The number of carbonyl (C=O) groups excluding carboxylic acids is 1. The second kappa shape index (κ2) is 9.20. The van der Waals surface area contributed by atoms with Gasteiger partial charge in [0.2, 0.25) is 0 Å². The van der Waals surface area contributed by atoms with E-state index in [4.69, 9.17) is 4.74 Å². The largest absolute Gasteiger partial charge is 0.441 e. The number of amides is 1. The lowest BCUT2D eigenvalue weighted by Crippen LogP contribution is -2.46. The number of likely N-dealkylation sites (tertiary alicyclic amines) is 1. The van der Waals surface area contributed by atoms with Gasteiger partial charge >= 0.3 is 12.3 Å². The van der Waals surface area contributed by atoms with E-state index >= 15 is 0 Å². The predicted molar refractivity (Wildman–Crippen MR) is 127 cm³/mol. The first-order chi connectivity index (χ1) is 17.2. The number of pyridine rings is 1. The number of rotatable bonds is 4. The minimum Gasteiger partial charge on any atom is -0.441 e. The Bertz CT molecular complexity index is 1270. The molecule has 5 nitrogen and oxygen atoms in total. The van der Waals surface area contributed by atoms with E-state index in [1.54, 1.807) is 4.90 Å². The molecule has 2 aliphatic rings. The number of alkyl halides is 3. The van der Waals surface area contributed by atoms with Gasteiger partial charge in [0.25, 0.3) is 0 Å². The fourth-order valence-electron chi connectivity index (χ4n) is 5.08. The first-order valence-corrected chi connectivity index (χ1v) is 11.7. The van der Waals surface area contributed by atoms with Gasteiger partial charge in [-0.15, -0.1) is 0 Å². The molecular formula is C27H25F4N3O2. The number of aromatic nitrogens is 1. The molecule has 1 aromatic heterocycles. The molecule has 1 spiro atoms. The summed E-state index contributed by atoms with van der Waals surface area (Å²) in [5.41, 5.74) is 0.472. The van der Waals surface area contributed by atoms with Gasteiger partial charge in [-0.3, -0.25) is 14.8 Å². The SMILES string of the molecule is Cc1cc(-c2ccncc2F)c(CN2CCC3(CC2)CN(c2ccccc2)C(=O)O3)cc1C(F)(F)F. The molecular weight excluding hydrogens is 474 g/mol. The van der Waals surface area contributed by atoms with Crippen LogP contribution in [0.5, 0.6) is 0 Å². The van der Waals surface area contributed by atoms with Crippen molar-refractivity contribution in [1.29, 1.82) is 0 Å². The number of aryl methyl sites for hydroxylation is 1. The Morgan fingerprint density at radius 3 is 2.44 bits per heavy atom. The summed E-state index contributed by atoms with van der Waals surface area (Å²) in [7, 11) is 0. The van der Waals surface area contributed by atoms with Gasteiger partial charge < -0.3 is 4.74 Å². The Morgan fingerprint density at radius 1 is 1.06 bits per heavy atom. The predicted octanol–water partition coefficient (Wildman–Crippen LogP) is 6.21. The van der Waals surface area contributed by atoms with Crippen LogP contribution >= 0.6 is 0 Å². The Balaban J connectivity index is 1.37. The van der Waals surface area contributed by atoms with Crippen LogP contribution in [0.15, 0.2) is 60.9 Å². The van der Waals surface area contributed by atoms with Crippen molar-refractivity contribution >= 4 is 11.8 Å². The number of hydrogen-bond donors (Lipinski definition) is 0.